The number of imidazole rings is 1. The molecule has 8 nitrogen and oxygen atoms in total. The number of nitrogens with zero attached hydrogens (tertiary/aromatic N) is 5. The minimum Gasteiger partial charge on any atom is -0.460 e. The lowest BCUT2D eigenvalue weighted by Gasteiger charge is -2.33. The molecule has 198 valence electrons. The molecular weight excluding hydrogens is 476 g/mol. The summed E-state index contributed by atoms with van der Waals surface area (Å²) in [6.07, 6.45) is 7.45. The zero-order valence-corrected chi connectivity index (χ0v) is 22.6. The van der Waals surface area contributed by atoms with Crippen LogP contribution in [0.1, 0.15) is 88.8 Å². The van der Waals surface area contributed by atoms with Crippen molar-refractivity contribution in [2.24, 2.45) is 0 Å². The van der Waals surface area contributed by atoms with E-state index in [2.05, 4.69) is 62.4 Å². The number of aryl methyl sites for hydroxylation is 1. The average Bonchev–Trinajstić information content (AvgIpc) is 3.58. The number of fused-ring (bicyclic) bond motifs is 1. The Morgan fingerprint density at radius 1 is 1.08 bits per heavy atom. The van der Waals surface area contributed by atoms with E-state index in [4.69, 9.17) is 9.72 Å². The third-order valence-corrected chi connectivity index (χ3v) is 7.12. The third kappa shape index (κ3) is 5.54. The van der Waals surface area contributed by atoms with Crippen LogP contribution in [0, 0.1) is 0 Å². The highest BCUT2D eigenvalue weighted by atomic mass is 16.6. The monoisotopic (exact) mass is 512 g/mol. The number of aromatic nitrogens is 6. The summed E-state index contributed by atoms with van der Waals surface area (Å²) in [5.74, 6) is 1.57. The van der Waals surface area contributed by atoms with Gasteiger partial charge in [0.2, 0.25) is 0 Å². The molecule has 1 aliphatic rings. The molecule has 5 rings (SSSR count). The van der Waals surface area contributed by atoms with Gasteiger partial charge in [-0.3, -0.25) is 4.79 Å². The second-order valence-corrected chi connectivity index (χ2v) is 11.1. The number of hydrogen-bond acceptors (Lipinski definition) is 6. The molecule has 0 aliphatic carbocycles. The average molecular weight is 513 g/mol. The van der Waals surface area contributed by atoms with Gasteiger partial charge in [-0.05, 0) is 73.6 Å². The van der Waals surface area contributed by atoms with E-state index in [1.807, 2.05) is 45.2 Å². The Bertz CT molecular complexity index is 1370. The molecule has 0 unspecified atom stereocenters. The molecule has 0 spiro atoms. The van der Waals surface area contributed by atoms with Crippen molar-refractivity contribution in [1.82, 2.24) is 30.2 Å². The van der Waals surface area contributed by atoms with Gasteiger partial charge in [-0.25, -0.2) is 10.1 Å². The highest BCUT2D eigenvalue weighted by Gasteiger charge is 2.33. The number of hydrogen-bond donors (Lipinski definition) is 1. The van der Waals surface area contributed by atoms with Crippen molar-refractivity contribution < 1.29 is 9.53 Å². The molecule has 8 heteroatoms. The highest BCUT2D eigenvalue weighted by Crippen LogP contribution is 2.41. The number of unbranched alkanes of at least 4 members (excludes halogenated alkanes) is 1. The SMILES string of the molecule is CCCCc1cnc2n1[C@@H](c1ccc(-c3ccccc3-c3nnn[nH]3)cc1)CC[C@H]2CC(=O)OC(C)(C)C. The van der Waals surface area contributed by atoms with Gasteiger partial charge in [0.25, 0.3) is 0 Å². The van der Waals surface area contributed by atoms with Crippen molar-refractivity contribution in [3.05, 3.63) is 71.8 Å². The lowest BCUT2D eigenvalue weighted by Crippen LogP contribution is -2.28. The highest BCUT2D eigenvalue weighted by molar-refractivity contribution is 5.80. The fourth-order valence-corrected chi connectivity index (χ4v) is 5.43. The minimum absolute atomic E-state index is 0.0677. The standard InChI is InChI=1S/C30H36N6O2/c1-5-6-9-23-19-31-29-22(18-27(37)38-30(2,3)4)16-17-26(36(23)29)21-14-12-20(13-15-21)24-10-7-8-11-25(24)28-32-34-35-33-28/h7-8,10-15,19,22,26H,5-6,9,16-18H2,1-4H3,(H,32,33,34,35)/t22-,26+/m0/s1. The maximum absolute atomic E-state index is 12.7. The van der Waals surface area contributed by atoms with Crippen LogP contribution in [0.4, 0.5) is 0 Å². The number of benzene rings is 2. The Labute approximate surface area is 223 Å². The van der Waals surface area contributed by atoms with Crippen LogP contribution < -0.4 is 0 Å². The van der Waals surface area contributed by atoms with Crippen molar-refractivity contribution in [2.45, 2.75) is 83.8 Å². The first-order valence-corrected chi connectivity index (χ1v) is 13.6. The Kier molecular flexibility index (Phi) is 7.40. The number of rotatable bonds is 8. The molecule has 38 heavy (non-hydrogen) atoms. The summed E-state index contributed by atoms with van der Waals surface area (Å²) in [5.41, 5.74) is 5.15. The van der Waals surface area contributed by atoms with E-state index in [0.29, 0.717) is 12.2 Å². The summed E-state index contributed by atoms with van der Waals surface area (Å²) in [6.45, 7) is 7.95. The number of tetrazole rings is 1. The number of aromatic amines is 1. The first kappa shape index (κ1) is 25.8. The van der Waals surface area contributed by atoms with E-state index >= 15 is 0 Å². The van der Waals surface area contributed by atoms with E-state index in [0.717, 1.165) is 54.6 Å². The molecule has 2 aromatic carbocycles. The molecule has 1 aliphatic heterocycles. The summed E-state index contributed by atoms with van der Waals surface area (Å²) >= 11 is 0. The summed E-state index contributed by atoms with van der Waals surface area (Å²) < 4.78 is 8.04. The number of carbonyl (C=O) groups is 1. The maximum Gasteiger partial charge on any atom is 0.307 e. The Balaban J connectivity index is 1.44. The quantitative estimate of drug-likeness (QED) is 0.279. The first-order valence-electron chi connectivity index (χ1n) is 13.6. The molecule has 0 saturated heterocycles. The van der Waals surface area contributed by atoms with E-state index in [1.165, 1.54) is 11.3 Å². The van der Waals surface area contributed by atoms with Crippen molar-refractivity contribution >= 4 is 5.97 Å². The number of esters is 1. The smallest absolute Gasteiger partial charge is 0.307 e. The minimum atomic E-state index is -0.486. The van der Waals surface area contributed by atoms with E-state index in [-0.39, 0.29) is 17.9 Å². The topological polar surface area (TPSA) is 98.6 Å². The molecule has 3 heterocycles. The van der Waals surface area contributed by atoms with Crippen LogP contribution in [-0.2, 0) is 16.0 Å². The van der Waals surface area contributed by atoms with Gasteiger partial charge in [0.05, 0.1) is 12.5 Å². The zero-order valence-electron chi connectivity index (χ0n) is 22.6. The summed E-state index contributed by atoms with van der Waals surface area (Å²) in [7, 11) is 0. The van der Waals surface area contributed by atoms with Gasteiger partial charge < -0.3 is 9.30 Å². The summed E-state index contributed by atoms with van der Waals surface area (Å²) in [4.78, 5) is 17.5. The van der Waals surface area contributed by atoms with Crippen molar-refractivity contribution in [2.75, 3.05) is 0 Å². The number of H-pyrrole nitrogens is 1. The lowest BCUT2D eigenvalue weighted by molar-refractivity contribution is -0.155. The van der Waals surface area contributed by atoms with Gasteiger partial charge in [0.15, 0.2) is 5.82 Å². The van der Waals surface area contributed by atoms with Crippen LogP contribution in [0.5, 0.6) is 0 Å². The van der Waals surface area contributed by atoms with Crippen molar-refractivity contribution in [3.63, 3.8) is 0 Å². The van der Waals surface area contributed by atoms with Gasteiger partial charge in [0.1, 0.15) is 11.4 Å². The summed E-state index contributed by atoms with van der Waals surface area (Å²) in [5, 5.41) is 14.5. The van der Waals surface area contributed by atoms with Gasteiger partial charge in [0, 0.05) is 23.4 Å². The third-order valence-electron chi connectivity index (χ3n) is 7.12. The Hall–Kier alpha value is -3.81. The number of ether oxygens (including phenoxy) is 1. The molecule has 0 fully saturated rings. The lowest BCUT2D eigenvalue weighted by atomic mass is 9.87. The molecule has 0 amide bonds. The van der Waals surface area contributed by atoms with Crippen molar-refractivity contribution in [1.29, 1.82) is 0 Å². The van der Waals surface area contributed by atoms with Crippen LogP contribution in [0.15, 0.2) is 54.7 Å². The zero-order chi connectivity index (χ0) is 26.7. The number of nitrogens with one attached hydrogen (secondary N) is 1. The van der Waals surface area contributed by atoms with Crippen LogP contribution in [0.25, 0.3) is 22.5 Å². The molecule has 2 aromatic heterocycles. The first-order chi connectivity index (χ1) is 18.3. The molecule has 0 radical (unpaired) electrons. The second kappa shape index (κ2) is 10.9. The Morgan fingerprint density at radius 3 is 2.53 bits per heavy atom. The predicted molar refractivity (Wildman–Crippen MR) is 146 cm³/mol. The second-order valence-electron chi connectivity index (χ2n) is 11.1. The van der Waals surface area contributed by atoms with Crippen LogP contribution in [0.3, 0.4) is 0 Å². The molecular formula is C30H36N6O2. The fourth-order valence-electron chi connectivity index (χ4n) is 5.43. The molecule has 0 bridgehead atoms. The van der Waals surface area contributed by atoms with Gasteiger partial charge in [-0.2, -0.15) is 0 Å². The molecule has 1 N–H and O–H groups in total. The van der Waals surface area contributed by atoms with Gasteiger partial charge >= 0.3 is 5.97 Å². The molecule has 0 saturated carbocycles. The largest absolute Gasteiger partial charge is 0.460 e. The predicted octanol–water partition coefficient (Wildman–Crippen LogP) is 6.27. The molecule has 4 aromatic rings. The fraction of sp³-hybridized carbons (Fsp3) is 0.433. The van der Waals surface area contributed by atoms with Gasteiger partial charge in [-0.1, -0.05) is 61.9 Å². The molecule has 2 atom stereocenters. The maximum atomic E-state index is 12.7. The van der Waals surface area contributed by atoms with Crippen LogP contribution in [0.2, 0.25) is 0 Å². The van der Waals surface area contributed by atoms with Crippen molar-refractivity contribution in [3.8, 4) is 22.5 Å². The normalized spacial score (nSPS) is 17.3. The van der Waals surface area contributed by atoms with E-state index in [1.54, 1.807) is 0 Å². The number of carbonyl (C=O) groups excluding carboxylic acids is 1. The summed E-state index contributed by atoms with van der Waals surface area (Å²) in [6, 6.07) is 17.1. The van der Waals surface area contributed by atoms with E-state index in [9.17, 15) is 4.79 Å². The van der Waals surface area contributed by atoms with Crippen LogP contribution in [-0.4, -0.2) is 41.7 Å². The Morgan fingerprint density at radius 2 is 1.84 bits per heavy atom. The van der Waals surface area contributed by atoms with Gasteiger partial charge in [-0.15, -0.1) is 5.10 Å². The van der Waals surface area contributed by atoms with Crippen LogP contribution >= 0.6 is 0 Å². The van der Waals surface area contributed by atoms with E-state index < -0.39 is 5.60 Å².